The molecule has 0 atom stereocenters. The topological polar surface area (TPSA) is 88.1 Å². The maximum atomic E-state index is 12.4. The summed E-state index contributed by atoms with van der Waals surface area (Å²) in [4.78, 5) is 24.7. The van der Waals surface area contributed by atoms with E-state index in [9.17, 15) is 14.7 Å². The summed E-state index contributed by atoms with van der Waals surface area (Å²) in [5.74, 6) is -0.106. The van der Waals surface area contributed by atoms with Crippen LogP contribution in [0.15, 0.2) is 17.0 Å². The summed E-state index contributed by atoms with van der Waals surface area (Å²) < 4.78 is 16.1. The fourth-order valence-corrected chi connectivity index (χ4v) is 3.50. The molecule has 1 aliphatic rings. The van der Waals surface area contributed by atoms with Crippen molar-refractivity contribution in [3.05, 3.63) is 22.6 Å². The molecule has 0 spiro atoms. The minimum absolute atomic E-state index is 0.0204. The van der Waals surface area contributed by atoms with E-state index in [-0.39, 0.29) is 18.9 Å². The number of carbonyl (C=O) groups excluding carboxylic acids is 2. The lowest BCUT2D eigenvalue weighted by molar-refractivity contribution is -0.305. The summed E-state index contributed by atoms with van der Waals surface area (Å²) in [5, 5.41) is 10.6. The van der Waals surface area contributed by atoms with Crippen molar-refractivity contribution in [2.24, 2.45) is 0 Å². The van der Waals surface area contributed by atoms with E-state index in [0.29, 0.717) is 32.0 Å². The van der Waals surface area contributed by atoms with Gasteiger partial charge >= 0.3 is 0 Å². The molecule has 2 rings (SSSR count). The highest BCUT2D eigenvalue weighted by atomic mass is 32.2. The van der Waals surface area contributed by atoms with Crippen LogP contribution in [0.25, 0.3) is 6.08 Å². The molecule has 134 valence electrons. The summed E-state index contributed by atoms with van der Waals surface area (Å²) in [7, 11) is 4.52. The first-order valence-electron chi connectivity index (χ1n) is 7.16. The van der Waals surface area contributed by atoms with Crippen molar-refractivity contribution in [1.82, 2.24) is 4.90 Å². The van der Waals surface area contributed by atoms with Gasteiger partial charge in [0.25, 0.3) is 5.91 Å². The van der Waals surface area contributed by atoms with Gasteiger partial charge < -0.3 is 24.1 Å². The third-order valence-corrected chi connectivity index (χ3v) is 4.81. The Morgan fingerprint density at radius 2 is 1.80 bits per heavy atom. The highest BCUT2D eigenvalue weighted by Crippen LogP contribution is 2.38. The van der Waals surface area contributed by atoms with Crippen LogP contribution in [0.1, 0.15) is 12.0 Å². The molecule has 1 aromatic carbocycles. The summed E-state index contributed by atoms with van der Waals surface area (Å²) in [6, 6.07) is 3.34. The molecule has 0 N–H and O–H groups in total. The van der Waals surface area contributed by atoms with Crippen molar-refractivity contribution in [3.63, 3.8) is 0 Å². The maximum Gasteiger partial charge on any atom is 0.266 e. The molecule has 1 aromatic rings. The van der Waals surface area contributed by atoms with Crippen LogP contribution >= 0.6 is 24.0 Å². The number of benzene rings is 1. The Morgan fingerprint density at radius 1 is 1.20 bits per heavy atom. The second-order valence-electron chi connectivity index (χ2n) is 4.90. The number of hydrogen-bond acceptors (Lipinski definition) is 8. The molecule has 25 heavy (non-hydrogen) atoms. The highest BCUT2D eigenvalue weighted by Gasteiger charge is 2.32. The number of aliphatic carboxylic acids is 1. The third-order valence-electron chi connectivity index (χ3n) is 3.44. The van der Waals surface area contributed by atoms with Crippen LogP contribution in [-0.2, 0) is 9.59 Å². The number of carboxylic acids is 1. The molecule has 1 aliphatic heterocycles. The number of ether oxygens (including phenoxy) is 3. The van der Waals surface area contributed by atoms with Gasteiger partial charge in [-0.15, -0.1) is 0 Å². The van der Waals surface area contributed by atoms with Crippen molar-refractivity contribution >= 4 is 46.3 Å². The van der Waals surface area contributed by atoms with E-state index in [0.717, 1.165) is 11.8 Å². The Hall–Kier alpha value is -2.26. The molecule has 0 radical (unpaired) electrons. The van der Waals surface area contributed by atoms with Crippen molar-refractivity contribution in [1.29, 1.82) is 0 Å². The zero-order valence-corrected chi connectivity index (χ0v) is 15.5. The number of amides is 1. The molecule has 1 saturated heterocycles. The molecule has 0 saturated carbocycles. The summed E-state index contributed by atoms with van der Waals surface area (Å²) in [5.41, 5.74) is 0.612. The first-order chi connectivity index (χ1) is 11.9. The van der Waals surface area contributed by atoms with Gasteiger partial charge in [-0.25, -0.2) is 0 Å². The van der Waals surface area contributed by atoms with E-state index in [2.05, 4.69) is 0 Å². The monoisotopic (exact) mass is 382 g/mol. The molecule has 0 bridgehead atoms. The largest absolute Gasteiger partial charge is 0.550 e. The van der Waals surface area contributed by atoms with E-state index in [1.54, 1.807) is 18.2 Å². The maximum absolute atomic E-state index is 12.4. The molecule has 0 aromatic heterocycles. The minimum atomic E-state index is -1.24. The normalized spacial score (nSPS) is 15.6. The van der Waals surface area contributed by atoms with E-state index in [4.69, 9.17) is 26.4 Å². The van der Waals surface area contributed by atoms with E-state index in [1.165, 1.54) is 26.2 Å². The van der Waals surface area contributed by atoms with Gasteiger partial charge in [0.05, 0.1) is 26.2 Å². The number of rotatable bonds is 7. The van der Waals surface area contributed by atoms with Crippen LogP contribution < -0.4 is 19.3 Å². The van der Waals surface area contributed by atoms with Crippen molar-refractivity contribution in [2.45, 2.75) is 6.42 Å². The molecule has 9 heteroatoms. The predicted octanol–water partition coefficient (Wildman–Crippen LogP) is 1.05. The van der Waals surface area contributed by atoms with Crippen LogP contribution in [-0.4, -0.2) is 49.0 Å². The van der Waals surface area contributed by atoms with E-state index < -0.39 is 5.97 Å². The van der Waals surface area contributed by atoms with Crippen LogP contribution in [0.3, 0.4) is 0 Å². The number of methoxy groups -OCH3 is 3. The van der Waals surface area contributed by atoms with Crippen LogP contribution in [0, 0.1) is 0 Å². The second-order valence-corrected chi connectivity index (χ2v) is 6.58. The number of carboxylic acid groups (broad SMARTS) is 1. The van der Waals surface area contributed by atoms with Crippen LogP contribution in [0.5, 0.6) is 17.2 Å². The lowest BCUT2D eigenvalue weighted by Gasteiger charge is -2.14. The van der Waals surface area contributed by atoms with Gasteiger partial charge in [-0.2, -0.15) is 0 Å². The van der Waals surface area contributed by atoms with Gasteiger partial charge in [-0.3, -0.25) is 9.69 Å². The molecule has 1 heterocycles. The number of carbonyl (C=O) groups is 2. The van der Waals surface area contributed by atoms with Crippen molar-refractivity contribution in [3.8, 4) is 17.2 Å². The SMILES string of the molecule is COc1cc(OC)c(OC)cc1/C=C1\SC(=S)N(CCC(=O)[O-])C1=O. The smallest absolute Gasteiger partial charge is 0.266 e. The fraction of sp³-hybridized carbons (Fsp3) is 0.312. The summed E-state index contributed by atoms with van der Waals surface area (Å²) >= 11 is 6.25. The average molecular weight is 382 g/mol. The Morgan fingerprint density at radius 3 is 2.36 bits per heavy atom. The summed E-state index contributed by atoms with van der Waals surface area (Å²) in [6.07, 6.45) is 1.35. The zero-order chi connectivity index (χ0) is 18.6. The molecule has 7 nitrogen and oxygen atoms in total. The Bertz CT molecular complexity index is 746. The molecular weight excluding hydrogens is 366 g/mol. The third kappa shape index (κ3) is 4.23. The Labute approximate surface area is 154 Å². The first-order valence-corrected chi connectivity index (χ1v) is 8.39. The number of thiocarbonyl (C=S) groups is 1. The van der Waals surface area contributed by atoms with Gasteiger partial charge in [0, 0.05) is 30.6 Å². The lowest BCUT2D eigenvalue weighted by Crippen LogP contribution is -2.33. The standard InChI is InChI=1S/C16H17NO6S2/c1-21-10-8-12(23-3)11(22-2)6-9(10)7-13-15(20)17(16(24)25-13)5-4-14(18)19/h6-8H,4-5H2,1-3H3,(H,18,19)/p-1/b13-7-. The highest BCUT2D eigenvalue weighted by molar-refractivity contribution is 8.26. The quantitative estimate of drug-likeness (QED) is 0.511. The molecule has 0 aliphatic carbocycles. The van der Waals surface area contributed by atoms with Gasteiger partial charge in [0.15, 0.2) is 11.5 Å². The van der Waals surface area contributed by atoms with Gasteiger partial charge in [-0.05, 0) is 12.1 Å². The zero-order valence-electron chi connectivity index (χ0n) is 13.9. The van der Waals surface area contributed by atoms with Crippen molar-refractivity contribution in [2.75, 3.05) is 27.9 Å². The lowest BCUT2D eigenvalue weighted by atomic mass is 10.1. The fourth-order valence-electron chi connectivity index (χ4n) is 2.20. The second kappa shape index (κ2) is 8.21. The van der Waals surface area contributed by atoms with Crippen LogP contribution in [0.4, 0.5) is 0 Å². The van der Waals surface area contributed by atoms with Crippen molar-refractivity contribution < 1.29 is 28.9 Å². The number of hydrogen-bond donors (Lipinski definition) is 0. The van der Waals surface area contributed by atoms with E-state index >= 15 is 0 Å². The minimum Gasteiger partial charge on any atom is -0.550 e. The van der Waals surface area contributed by atoms with Gasteiger partial charge in [0.2, 0.25) is 0 Å². The molecule has 1 fully saturated rings. The molecule has 1 amide bonds. The Kier molecular flexibility index (Phi) is 6.27. The Balaban J connectivity index is 2.35. The predicted molar refractivity (Wildman–Crippen MR) is 95.6 cm³/mol. The van der Waals surface area contributed by atoms with Gasteiger partial charge in [-0.1, -0.05) is 24.0 Å². The first kappa shape index (κ1) is 19.1. The molecular formula is C16H16NO6S2-. The van der Waals surface area contributed by atoms with Gasteiger partial charge in [0.1, 0.15) is 10.1 Å². The van der Waals surface area contributed by atoms with Crippen LogP contribution in [0.2, 0.25) is 0 Å². The van der Waals surface area contributed by atoms with E-state index in [1.807, 2.05) is 0 Å². The number of thioether (sulfide) groups is 1. The molecule has 0 unspecified atom stereocenters. The number of nitrogens with zero attached hydrogens (tertiary/aromatic N) is 1. The average Bonchev–Trinajstić information content (AvgIpc) is 2.85. The summed E-state index contributed by atoms with van der Waals surface area (Å²) in [6.45, 7) is -0.0204.